The predicted molar refractivity (Wildman–Crippen MR) is 66.5 cm³/mol. The summed E-state index contributed by atoms with van der Waals surface area (Å²) in [6, 6.07) is 0. The van der Waals surface area contributed by atoms with Gasteiger partial charge >= 0.3 is 0 Å². The van der Waals surface area contributed by atoms with Crippen LogP contribution in [-0.4, -0.2) is 0 Å². The van der Waals surface area contributed by atoms with Gasteiger partial charge in [0.2, 0.25) is 0 Å². The minimum Gasteiger partial charge on any atom is -0.0651 e. The van der Waals surface area contributed by atoms with Crippen LogP contribution in [0.5, 0.6) is 0 Å². The van der Waals surface area contributed by atoms with E-state index < -0.39 is 0 Å². The SMILES string of the molecule is CCC(C)C(C)(C)CCC(C)C(C)C. The lowest BCUT2D eigenvalue weighted by Crippen LogP contribution is -2.22. The molecule has 0 nitrogen and oxygen atoms in total. The minimum absolute atomic E-state index is 0.526. The molecule has 0 aromatic carbocycles. The molecule has 0 heteroatoms. The molecule has 0 aromatic heterocycles. The van der Waals surface area contributed by atoms with Gasteiger partial charge in [-0.1, -0.05) is 54.9 Å². The second kappa shape index (κ2) is 5.78. The van der Waals surface area contributed by atoms with Gasteiger partial charge in [-0.2, -0.15) is 0 Å². The highest BCUT2D eigenvalue weighted by Gasteiger charge is 2.25. The normalized spacial score (nSPS) is 17.1. The van der Waals surface area contributed by atoms with Gasteiger partial charge in [-0.15, -0.1) is 0 Å². The van der Waals surface area contributed by atoms with E-state index in [1.807, 2.05) is 0 Å². The Balaban J connectivity index is 3.98. The van der Waals surface area contributed by atoms with Crippen LogP contribution >= 0.6 is 0 Å². The lowest BCUT2D eigenvalue weighted by molar-refractivity contribution is 0.182. The van der Waals surface area contributed by atoms with Crippen LogP contribution in [0.4, 0.5) is 0 Å². The monoisotopic (exact) mass is 198 g/mol. The van der Waals surface area contributed by atoms with E-state index in [-0.39, 0.29) is 0 Å². The van der Waals surface area contributed by atoms with Crippen molar-refractivity contribution in [2.75, 3.05) is 0 Å². The molecule has 0 radical (unpaired) electrons. The molecule has 0 aliphatic heterocycles. The van der Waals surface area contributed by atoms with Crippen molar-refractivity contribution in [2.24, 2.45) is 23.2 Å². The van der Waals surface area contributed by atoms with Crippen LogP contribution in [0.15, 0.2) is 0 Å². The van der Waals surface area contributed by atoms with Crippen molar-refractivity contribution in [1.29, 1.82) is 0 Å². The molecule has 0 spiro atoms. The summed E-state index contributed by atoms with van der Waals surface area (Å²) in [7, 11) is 0. The summed E-state index contributed by atoms with van der Waals surface area (Å²) in [5, 5.41) is 0. The first-order valence-corrected chi connectivity index (χ1v) is 6.31. The Morgan fingerprint density at radius 3 is 1.86 bits per heavy atom. The zero-order valence-electron chi connectivity index (χ0n) is 11.4. The van der Waals surface area contributed by atoms with Gasteiger partial charge in [0.05, 0.1) is 0 Å². The summed E-state index contributed by atoms with van der Waals surface area (Å²) in [5.41, 5.74) is 0.526. The van der Waals surface area contributed by atoms with Crippen LogP contribution in [-0.2, 0) is 0 Å². The van der Waals surface area contributed by atoms with Crippen LogP contribution in [0.1, 0.15) is 67.7 Å². The van der Waals surface area contributed by atoms with E-state index in [4.69, 9.17) is 0 Å². The molecule has 0 rings (SSSR count). The van der Waals surface area contributed by atoms with Crippen molar-refractivity contribution >= 4 is 0 Å². The van der Waals surface area contributed by atoms with Crippen molar-refractivity contribution < 1.29 is 0 Å². The van der Waals surface area contributed by atoms with Crippen LogP contribution < -0.4 is 0 Å². The number of hydrogen-bond acceptors (Lipinski definition) is 0. The van der Waals surface area contributed by atoms with Crippen LogP contribution in [0.25, 0.3) is 0 Å². The summed E-state index contributed by atoms with van der Waals surface area (Å²) in [6.45, 7) is 16.6. The first-order valence-electron chi connectivity index (χ1n) is 6.31. The summed E-state index contributed by atoms with van der Waals surface area (Å²) < 4.78 is 0. The molecule has 0 amide bonds. The van der Waals surface area contributed by atoms with Crippen LogP contribution in [0.3, 0.4) is 0 Å². The zero-order chi connectivity index (χ0) is 11.4. The quantitative estimate of drug-likeness (QED) is 0.555. The highest BCUT2D eigenvalue weighted by molar-refractivity contribution is 4.75. The molecule has 0 aliphatic rings. The van der Waals surface area contributed by atoms with Crippen LogP contribution in [0.2, 0.25) is 0 Å². The van der Waals surface area contributed by atoms with Gasteiger partial charge in [-0.05, 0) is 36.0 Å². The molecule has 2 atom stereocenters. The smallest absolute Gasteiger partial charge is 0.0329 e. The first kappa shape index (κ1) is 14.0. The molecule has 2 unspecified atom stereocenters. The largest absolute Gasteiger partial charge is 0.0651 e. The Hall–Kier alpha value is 0. The van der Waals surface area contributed by atoms with Gasteiger partial charge in [-0.25, -0.2) is 0 Å². The summed E-state index contributed by atoms with van der Waals surface area (Å²) in [4.78, 5) is 0. The molecule has 0 saturated heterocycles. The molecule has 0 bridgehead atoms. The molecular weight excluding hydrogens is 168 g/mol. The molecule has 0 N–H and O–H groups in total. The Morgan fingerprint density at radius 1 is 1.00 bits per heavy atom. The standard InChI is InChI=1S/C14H30/c1-8-13(5)14(6,7)10-9-12(4)11(2)3/h11-13H,8-10H2,1-7H3. The molecule has 0 aliphatic carbocycles. The minimum atomic E-state index is 0.526. The Labute approximate surface area is 91.5 Å². The van der Waals surface area contributed by atoms with E-state index in [0.717, 1.165) is 17.8 Å². The Morgan fingerprint density at radius 2 is 1.50 bits per heavy atom. The molecule has 86 valence electrons. The van der Waals surface area contributed by atoms with Crippen LogP contribution in [0, 0.1) is 23.2 Å². The van der Waals surface area contributed by atoms with Gasteiger partial charge in [0.15, 0.2) is 0 Å². The second-order valence-electron chi connectivity index (χ2n) is 6.06. The average molecular weight is 198 g/mol. The fraction of sp³-hybridized carbons (Fsp3) is 1.00. The maximum atomic E-state index is 2.42. The zero-order valence-corrected chi connectivity index (χ0v) is 11.4. The topological polar surface area (TPSA) is 0 Å². The molecule has 0 saturated carbocycles. The van der Waals surface area contributed by atoms with Crippen molar-refractivity contribution in [3.63, 3.8) is 0 Å². The number of rotatable bonds is 6. The molecular formula is C14H30. The van der Waals surface area contributed by atoms with Gasteiger partial charge in [0.1, 0.15) is 0 Å². The van der Waals surface area contributed by atoms with Gasteiger partial charge in [-0.3, -0.25) is 0 Å². The maximum absolute atomic E-state index is 2.42. The molecule has 0 fully saturated rings. The van der Waals surface area contributed by atoms with Gasteiger partial charge in [0, 0.05) is 0 Å². The highest BCUT2D eigenvalue weighted by Crippen LogP contribution is 2.35. The predicted octanol–water partition coefficient (Wildman–Crippen LogP) is 5.13. The van der Waals surface area contributed by atoms with E-state index in [1.54, 1.807) is 0 Å². The molecule has 0 aromatic rings. The summed E-state index contributed by atoms with van der Waals surface area (Å²) >= 11 is 0. The van der Waals surface area contributed by atoms with E-state index in [0.29, 0.717) is 5.41 Å². The fourth-order valence-corrected chi connectivity index (χ4v) is 1.73. The third-order valence-electron chi connectivity index (χ3n) is 4.33. The van der Waals surface area contributed by atoms with Crippen molar-refractivity contribution in [3.05, 3.63) is 0 Å². The second-order valence-corrected chi connectivity index (χ2v) is 6.06. The summed E-state index contributed by atoms with van der Waals surface area (Å²) in [6.07, 6.45) is 4.07. The van der Waals surface area contributed by atoms with E-state index in [9.17, 15) is 0 Å². The average Bonchev–Trinajstić information content (AvgIpc) is 2.12. The van der Waals surface area contributed by atoms with Crippen molar-refractivity contribution in [3.8, 4) is 0 Å². The van der Waals surface area contributed by atoms with E-state index in [1.165, 1.54) is 19.3 Å². The Bertz CT molecular complexity index is 144. The third kappa shape index (κ3) is 4.48. The Kier molecular flexibility index (Phi) is 5.78. The fourth-order valence-electron chi connectivity index (χ4n) is 1.73. The third-order valence-corrected chi connectivity index (χ3v) is 4.33. The van der Waals surface area contributed by atoms with Crippen molar-refractivity contribution in [1.82, 2.24) is 0 Å². The lowest BCUT2D eigenvalue weighted by Gasteiger charge is -2.32. The first-order chi connectivity index (χ1) is 6.31. The number of hydrogen-bond donors (Lipinski definition) is 0. The summed E-state index contributed by atoms with van der Waals surface area (Å²) in [5.74, 6) is 2.56. The van der Waals surface area contributed by atoms with Gasteiger partial charge in [0.25, 0.3) is 0 Å². The molecule has 14 heavy (non-hydrogen) atoms. The highest BCUT2D eigenvalue weighted by atomic mass is 14.3. The van der Waals surface area contributed by atoms with Gasteiger partial charge < -0.3 is 0 Å². The van der Waals surface area contributed by atoms with E-state index >= 15 is 0 Å². The lowest BCUT2D eigenvalue weighted by atomic mass is 9.73. The maximum Gasteiger partial charge on any atom is -0.0329 e. The van der Waals surface area contributed by atoms with E-state index in [2.05, 4.69) is 48.5 Å². The van der Waals surface area contributed by atoms with Crippen molar-refractivity contribution in [2.45, 2.75) is 67.7 Å². The molecule has 0 heterocycles.